The molecule has 144 valence electrons. The van der Waals surface area contributed by atoms with Gasteiger partial charge in [0.05, 0.1) is 13.3 Å². The van der Waals surface area contributed by atoms with E-state index < -0.39 is 17.3 Å². The normalized spacial score (nSPS) is 10.4. The standard InChI is InChI=1S/C19H22FN3O4/c1-4-22(5-2)18(25)13-7-6-8-14(9-13)21-17(24)12-23-11-15(27-3)10-16(20)19(23)26/h6-11H,4-5,12H2,1-3H3,(H,21,24). The van der Waals surface area contributed by atoms with Crippen molar-refractivity contribution in [1.82, 2.24) is 9.47 Å². The van der Waals surface area contributed by atoms with Gasteiger partial charge in [0.2, 0.25) is 5.91 Å². The topological polar surface area (TPSA) is 80.6 Å². The van der Waals surface area contributed by atoms with E-state index in [0.717, 1.165) is 10.6 Å². The molecule has 27 heavy (non-hydrogen) atoms. The smallest absolute Gasteiger partial charge is 0.287 e. The molecule has 1 aromatic carbocycles. The summed E-state index contributed by atoms with van der Waals surface area (Å²) in [5.74, 6) is -1.54. The number of anilines is 1. The van der Waals surface area contributed by atoms with Crippen LogP contribution in [0, 0.1) is 5.82 Å². The molecule has 1 aromatic heterocycles. The Hall–Kier alpha value is -3.16. The Kier molecular flexibility index (Phi) is 6.70. The molecule has 2 rings (SSSR count). The molecule has 7 nitrogen and oxygen atoms in total. The predicted octanol–water partition coefficient (Wildman–Crippen LogP) is 2.12. The highest BCUT2D eigenvalue weighted by atomic mass is 19.1. The summed E-state index contributed by atoms with van der Waals surface area (Å²) in [6.07, 6.45) is 1.26. The maximum Gasteiger partial charge on any atom is 0.287 e. The van der Waals surface area contributed by atoms with Gasteiger partial charge in [-0.05, 0) is 32.0 Å². The average molecular weight is 375 g/mol. The third kappa shape index (κ3) is 4.93. The highest BCUT2D eigenvalue weighted by molar-refractivity contribution is 5.97. The van der Waals surface area contributed by atoms with Gasteiger partial charge in [-0.15, -0.1) is 0 Å². The summed E-state index contributed by atoms with van der Waals surface area (Å²) in [6.45, 7) is 4.55. The van der Waals surface area contributed by atoms with Gasteiger partial charge in [0.15, 0.2) is 5.82 Å². The number of ether oxygens (including phenoxy) is 1. The Morgan fingerprint density at radius 1 is 1.22 bits per heavy atom. The van der Waals surface area contributed by atoms with Crippen molar-refractivity contribution >= 4 is 17.5 Å². The van der Waals surface area contributed by atoms with Crippen LogP contribution in [0.5, 0.6) is 5.75 Å². The number of carbonyl (C=O) groups excluding carboxylic acids is 2. The van der Waals surface area contributed by atoms with Crippen molar-refractivity contribution in [3.8, 4) is 5.75 Å². The Balaban J connectivity index is 2.15. The first-order valence-electron chi connectivity index (χ1n) is 8.52. The maximum atomic E-state index is 13.6. The molecule has 0 atom stereocenters. The van der Waals surface area contributed by atoms with Gasteiger partial charge >= 0.3 is 0 Å². The van der Waals surface area contributed by atoms with E-state index in [4.69, 9.17) is 4.74 Å². The second-order valence-corrected chi connectivity index (χ2v) is 5.77. The van der Waals surface area contributed by atoms with Crippen LogP contribution in [0.3, 0.4) is 0 Å². The second kappa shape index (κ2) is 8.98. The number of methoxy groups -OCH3 is 1. The number of hydrogen-bond donors (Lipinski definition) is 1. The molecule has 0 aliphatic carbocycles. The van der Waals surface area contributed by atoms with E-state index in [2.05, 4.69) is 5.32 Å². The molecular formula is C19H22FN3O4. The van der Waals surface area contributed by atoms with Crippen LogP contribution >= 0.6 is 0 Å². The predicted molar refractivity (Wildman–Crippen MR) is 99.5 cm³/mol. The largest absolute Gasteiger partial charge is 0.495 e. The van der Waals surface area contributed by atoms with Crippen LogP contribution in [0.4, 0.5) is 10.1 Å². The number of benzene rings is 1. The molecule has 0 bridgehead atoms. The van der Waals surface area contributed by atoms with Crippen LogP contribution in [-0.4, -0.2) is 41.5 Å². The van der Waals surface area contributed by atoms with Gasteiger partial charge in [0.1, 0.15) is 12.3 Å². The van der Waals surface area contributed by atoms with Crippen molar-refractivity contribution in [2.75, 3.05) is 25.5 Å². The van der Waals surface area contributed by atoms with Gasteiger partial charge in [0, 0.05) is 30.4 Å². The fraction of sp³-hybridized carbons (Fsp3) is 0.316. The summed E-state index contributed by atoms with van der Waals surface area (Å²) in [7, 11) is 1.34. The summed E-state index contributed by atoms with van der Waals surface area (Å²) in [6, 6.07) is 7.47. The lowest BCUT2D eigenvalue weighted by Crippen LogP contribution is -2.30. The van der Waals surface area contributed by atoms with Gasteiger partial charge < -0.3 is 15.0 Å². The Bertz CT molecular complexity index is 891. The fourth-order valence-corrected chi connectivity index (χ4v) is 2.58. The SMILES string of the molecule is CCN(CC)C(=O)c1cccc(NC(=O)Cn2cc(OC)cc(F)c2=O)c1. The molecule has 0 radical (unpaired) electrons. The number of pyridine rings is 1. The number of nitrogens with one attached hydrogen (secondary N) is 1. The molecule has 2 aromatic rings. The van der Waals surface area contributed by atoms with E-state index in [1.54, 1.807) is 29.2 Å². The van der Waals surface area contributed by atoms with Crippen molar-refractivity contribution in [3.05, 3.63) is 58.3 Å². The lowest BCUT2D eigenvalue weighted by Gasteiger charge is -2.19. The van der Waals surface area contributed by atoms with Crippen molar-refractivity contribution < 1.29 is 18.7 Å². The minimum atomic E-state index is -1.01. The molecule has 8 heteroatoms. The number of carbonyl (C=O) groups is 2. The number of hydrogen-bond acceptors (Lipinski definition) is 4. The molecule has 2 amide bonds. The molecule has 0 aliphatic rings. The Morgan fingerprint density at radius 2 is 1.93 bits per heavy atom. The van der Waals surface area contributed by atoms with Crippen LogP contribution in [0.25, 0.3) is 0 Å². The van der Waals surface area contributed by atoms with Gasteiger partial charge in [-0.1, -0.05) is 6.07 Å². The first-order valence-corrected chi connectivity index (χ1v) is 8.52. The molecule has 0 saturated heterocycles. The molecule has 0 unspecified atom stereocenters. The zero-order valence-electron chi connectivity index (χ0n) is 15.5. The lowest BCUT2D eigenvalue weighted by atomic mass is 10.1. The fourth-order valence-electron chi connectivity index (χ4n) is 2.58. The van der Waals surface area contributed by atoms with Crippen LogP contribution in [-0.2, 0) is 11.3 Å². The second-order valence-electron chi connectivity index (χ2n) is 5.77. The molecule has 0 spiro atoms. The van der Waals surface area contributed by atoms with E-state index in [1.165, 1.54) is 13.3 Å². The van der Waals surface area contributed by atoms with Crippen LogP contribution in [0.2, 0.25) is 0 Å². The molecule has 0 aliphatic heterocycles. The van der Waals surface area contributed by atoms with E-state index in [1.807, 2.05) is 13.8 Å². The van der Waals surface area contributed by atoms with Crippen LogP contribution < -0.4 is 15.6 Å². The summed E-state index contributed by atoms with van der Waals surface area (Å²) in [4.78, 5) is 38.1. The van der Waals surface area contributed by atoms with Crippen LogP contribution in [0.15, 0.2) is 41.3 Å². The minimum Gasteiger partial charge on any atom is -0.495 e. The lowest BCUT2D eigenvalue weighted by molar-refractivity contribution is -0.116. The van der Waals surface area contributed by atoms with Gasteiger partial charge in [-0.25, -0.2) is 4.39 Å². The van der Waals surface area contributed by atoms with Crippen molar-refractivity contribution in [3.63, 3.8) is 0 Å². The molecule has 1 heterocycles. The van der Waals surface area contributed by atoms with Gasteiger partial charge in [-0.3, -0.25) is 19.0 Å². The summed E-state index contributed by atoms with van der Waals surface area (Å²) in [5.41, 5.74) is -0.0630. The highest BCUT2D eigenvalue weighted by Gasteiger charge is 2.14. The summed E-state index contributed by atoms with van der Waals surface area (Å²) < 4.78 is 19.4. The number of rotatable bonds is 7. The number of aromatic nitrogens is 1. The quantitative estimate of drug-likeness (QED) is 0.804. The van der Waals surface area contributed by atoms with Crippen molar-refractivity contribution in [2.24, 2.45) is 0 Å². The van der Waals surface area contributed by atoms with E-state index in [0.29, 0.717) is 24.3 Å². The van der Waals surface area contributed by atoms with Gasteiger partial charge in [0.25, 0.3) is 11.5 Å². The number of halogens is 1. The van der Waals surface area contributed by atoms with Gasteiger partial charge in [-0.2, -0.15) is 0 Å². The average Bonchev–Trinajstić information content (AvgIpc) is 2.66. The van der Waals surface area contributed by atoms with E-state index in [-0.39, 0.29) is 18.2 Å². The highest BCUT2D eigenvalue weighted by Crippen LogP contribution is 2.13. The Morgan fingerprint density at radius 3 is 2.56 bits per heavy atom. The summed E-state index contributed by atoms with van der Waals surface area (Å²) in [5, 5.41) is 2.61. The van der Waals surface area contributed by atoms with Crippen molar-refractivity contribution in [2.45, 2.75) is 20.4 Å². The van der Waals surface area contributed by atoms with Crippen LogP contribution in [0.1, 0.15) is 24.2 Å². The third-order valence-electron chi connectivity index (χ3n) is 4.01. The first kappa shape index (κ1) is 20.2. The zero-order valence-corrected chi connectivity index (χ0v) is 15.5. The van der Waals surface area contributed by atoms with Crippen molar-refractivity contribution in [1.29, 1.82) is 0 Å². The molecular weight excluding hydrogens is 353 g/mol. The Labute approximate surface area is 156 Å². The van der Waals surface area contributed by atoms with E-state index in [9.17, 15) is 18.8 Å². The third-order valence-corrected chi connectivity index (χ3v) is 4.01. The molecule has 0 fully saturated rings. The monoisotopic (exact) mass is 375 g/mol. The molecule has 0 saturated carbocycles. The maximum absolute atomic E-state index is 13.6. The summed E-state index contributed by atoms with van der Waals surface area (Å²) >= 11 is 0. The molecule has 1 N–H and O–H groups in total. The first-order chi connectivity index (χ1) is 12.9. The number of nitrogens with zero attached hydrogens (tertiary/aromatic N) is 2. The van der Waals surface area contributed by atoms with E-state index >= 15 is 0 Å². The minimum absolute atomic E-state index is 0.131. The zero-order chi connectivity index (χ0) is 20.0. The number of amides is 2.